The average molecular weight is 514 g/mol. The maximum atomic E-state index is 14.5. The van der Waals surface area contributed by atoms with Gasteiger partial charge in [0, 0.05) is 48.1 Å². The SMILES string of the molecule is COc1cccc(F)c1CN1CCCC(NC(=O)c2ccc3[nH]nc(-c4ccc5nc(C)oc5c4)c3c2)C1. The van der Waals surface area contributed by atoms with Crippen LogP contribution < -0.4 is 10.1 Å². The Kier molecular flexibility index (Phi) is 6.29. The Hall–Kier alpha value is -4.24. The Morgan fingerprint density at radius 3 is 3.00 bits per heavy atom. The first kappa shape index (κ1) is 24.1. The summed E-state index contributed by atoms with van der Waals surface area (Å²) < 4.78 is 25.5. The zero-order chi connectivity index (χ0) is 26.2. The van der Waals surface area contributed by atoms with Crippen LogP contribution in [0.1, 0.15) is 34.7 Å². The molecule has 3 aromatic carbocycles. The number of aryl methyl sites for hydroxylation is 1. The number of carbonyl (C=O) groups is 1. The molecule has 38 heavy (non-hydrogen) atoms. The molecule has 194 valence electrons. The van der Waals surface area contributed by atoms with Crippen LogP contribution in [-0.2, 0) is 6.54 Å². The predicted molar refractivity (Wildman–Crippen MR) is 143 cm³/mol. The van der Waals surface area contributed by atoms with Gasteiger partial charge in [-0.3, -0.25) is 14.8 Å². The van der Waals surface area contributed by atoms with Crippen LogP contribution >= 0.6 is 0 Å². The van der Waals surface area contributed by atoms with E-state index in [1.54, 1.807) is 25.3 Å². The van der Waals surface area contributed by atoms with Crippen molar-refractivity contribution in [2.24, 2.45) is 0 Å². The molecule has 1 amide bonds. The van der Waals surface area contributed by atoms with Gasteiger partial charge in [-0.15, -0.1) is 0 Å². The van der Waals surface area contributed by atoms with Gasteiger partial charge in [-0.2, -0.15) is 5.10 Å². The molecule has 0 radical (unpaired) electrons. The molecule has 8 nitrogen and oxygen atoms in total. The number of oxazole rings is 1. The minimum absolute atomic E-state index is 0.0364. The van der Waals surface area contributed by atoms with Crippen molar-refractivity contribution in [3.63, 3.8) is 0 Å². The van der Waals surface area contributed by atoms with Crippen molar-refractivity contribution in [1.82, 2.24) is 25.4 Å². The molecule has 0 saturated carbocycles. The largest absolute Gasteiger partial charge is 0.496 e. The molecule has 0 spiro atoms. The van der Waals surface area contributed by atoms with Crippen LogP contribution in [0.5, 0.6) is 5.75 Å². The molecule has 3 heterocycles. The molecule has 1 unspecified atom stereocenters. The second-order valence-electron chi connectivity index (χ2n) is 9.72. The molecule has 1 atom stereocenters. The third-order valence-electron chi connectivity index (χ3n) is 7.11. The Labute approximate surface area is 218 Å². The van der Waals surface area contributed by atoms with E-state index in [2.05, 4.69) is 25.4 Å². The van der Waals surface area contributed by atoms with Crippen LogP contribution in [0.15, 0.2) is 59.0 Å². The number of fused-ring (bicyclic) bond motifs is 2. The Bertz CT molecular complexity index is 1640. The third-order valence-corrected chi connectivity index (χ3v) is 7.11. The van der Waals surface area contributed by atoms with Crippen molar-refractivity contribution in [3.8, 4) is 17.0 Å². The molecular formula is C29H28FN5O3. The first-order chi connectivity index (χ1) is 18.5. The fourth-order valence-electron chi connectivity index (χ4n) is 5.26. The lowest BCUT2D eigenvalue weighted by atomic mass is 10.0. The molecule has 1 fully saturated rings. The van der Waals surface area contributed by atoms with Gasteiger partial charge in [0.15, 0.2) is 11.5 Å². The number of nitrogens with zero attached hydrogens (tertiary/aromatic N) is 3. The highest BCUT2D eigenvalue weighted by atomic mass is 19.1. The van der Waals surface area contributed by atoms with Crippen molar-refractivity contribution < 1.29 is 18.3 Å². The van der Waals surface area contributed by atoms with Gasteiger partial charge in [0.25, 0.3) is 5.91 Å². The molecule has 6 rings (SSSR count). The normalized spacial score (nSPS) is 16.2. The molecule has 2 aromatic heterocycles. The summed E-state index contributed by atoms with van der Waals surface area (Å²) in [6.07, 6.45) is 1.78. The maximum absolute atomic E-state index is 14.5. The number of benzene rings is 3. The summed E-state index contributed by atoms with van der Waals surface area (Å²) in [6, 6.07) is 16.1. The minimum atomic E-state index is -0.280. The number of halogens is 1. The van der Waals surface area contributed by atoms with E-state index in [0.717, 1.165) is 47.1 Å². The van der Waals surface area contributed by atoms with Crippen molar-refractivity contribution in [2.75, 3.05) is 20.2 Å². The van der Waals surface area contributed by atoms with E-state index in [0.29, 0.717) is 41.4 Å². The Morgan fingerprint density at radius 1 is 1.24 bits per heavy atom. The van der Waals surface area contributed by atoms with Crippen LogP contribution in [-0.4, -0.2) is 52.2 Å². The molecule has 2 N–H and O–H groups in total. The number of ether oxygens (including phenoxy) is 1. The van der Waals surface area contributed by atoms with Crippen LogP contribution in [0.25, 0.3) is 33.3 Å². The average Bonchev–Trinajstić information content (AvgIpc) is 3.51. The van der Waals surface area contributed by atoms with Crippen molar-refractivity contribution in [3.05, 3.63) is 77.4 Å². The van der Waals surface area contributed by atoms with Gasteiger partial charge >= 0.3 is 0 Å². The number of hydrogen-bond donors (Lipinski definition) is 2. The highest BCUT2D eigenvalue weighted by Crippen LogP contribution is 2.30. The van der Waals surface area contributed by atoms with Gasteiger partial charge in [-0.1, -0.05) is 12.1 Å². The number of amides is 1. The maximum Gasteiger partial charge on any atom is 0.251 e. The van der Waals surface area contributed by atoms with Crippen LogP contribution in [0.3, 0.4) is 0 Å². The second-order valence-corrected chi connectivity index (χ2v) is 9.72. The van der Waals surface area contributed by atoms with Crippen molar-refractivity contribution >= 4 is 27.9 Å². The highest BCUT2D eigenvalue weighted by Gasteiger charge is 2.24. The van der Waals surface area contributed by atoms with Crippen LogP contribution in [0, 0.1) is 12.7 Å². The van der Waals surface area contributed by atoms with Gasteiger partial charge in [0.2, 0.25) is 0 Å². The quantitative estimate of drug-likeness (QED) is 0.323. The zero-order valence-electron chi connectivity index (χ0n) is 21.3. The first-order valence-corrected chi connectivity index (χ1v) is 12.7. The Balaban J connectivity index is 1.19. The summed E-state index contributed by atoms with van der Waals surface area (Å²) in [5.41, 5.74) is 5.05. The first-order valence-electron chi connectivity index (χ1n) is 12.7. The predicted octanol–water partition coefficient (Wildman–Crippen LogP) is 5.22. The van der Waals surface area contributed by atoms with Crippen molar-refractivity contribution in [1.29, 1.82) is 0 Å². The van der Waals surface area contributed by atoms with Gasteiger partial charge in [-0.25, -0.2) is 9.37 Å². The number of piperidine rings is 1. The van der Waals surface area contributed by atoms with Crippen LogP contribution in [0.4, 0.5) is 4.39 Å². The summed E-state index contributed by atoms with van der Waals surface area (Å²) in [7, 11) is 1.55. The van der Waals surface area contributed by atoms with Crippen LogP contribution in [0.2, 0.25) is 0 Å². The van der Waals surface area contributed by atoms with E-state index >= 15 is 0 Å². The minimum Gasteiger partial charge on any atom is -0.496 e. The molecular weight excluding hydrogens is 485 g/mol. The number of H-pyrrole nitrogens is 1. The molecule has 0 aliphatic carbocycles. The van der Waals surface area contributed by atoms with Gasteiger partial charge in [0.05, 0.1) is 12.6 Å². The van der Waals surface area contributed by atoms with E-state index in [1.165, 1.54) is 6.07 Å². The molecule has 0 bridgehead atoms. The third kappa shape index (κ3) is 4.61. The summed E-state index contributed by atoms with van der Waals surface area (Å²) in [4.78, 5) is 19.8. The summed E-state index contributed by atoms with van der Waals surface area (Å²) in [5.74, 6) is 0.725. The van der Waals surface area contributed by atoms with E-state index < -0.39 is 0 Å². The number of aromatic amines is 1. The zero-order valence-corrected chi connectivity index (χ0v) is 21.3. The molecule has 1 aliphatic heterocycles. The number of rotatable bonds is 6. The number of methoxy groups -OCH3 is 1. The smallest absolute Gasteiger partial charge is 0.251 e. The second kappa shape index (κ2) is 9.90. The number of carbonyl (C=O) groups excluding carboxylic acids is 1. The van der Waals surface area contributed by atoms with E-state index in [1.807, 2.05) is 37.3 Å². The number of hydrogen-bond acceptors (Lipinski definition) is 6. The summed E-state index contributed by atoms with van der Waals surface area (Å²) in [6.45, 7) is 3.72. The lowest BCUT2D eigenvalue weighted by Crippen LogP contribution is -2.47. The van der Waals surface area contributed by atoms with E-state index in [4.69, 9.17) is 9.15 Å². The molecule has 5 aromatic rings. The van der Waals surface area contributed by atoms with E-state index in [-0.39, 0.29) is 17.8 Å². The van der Waals surface area contributed by atoms with Gasteiger partial charge in [-0.05, 0) is 61.9 Å². The molecule has 1 aliphatic rings. The standard InChI is InChI=1S/C29H28FN5O3/c1-17-31-25-11-8-18(14-27(25)38-17)28-21-13-19(9-10-24(21)33-34-28)29(36)32-20-5-4-12-35(15-20)16-22-23(30)6-3-7-26(22)37-2/h3,6-11,13-14,20H,4-5,12,15-16H2,1-2H3,(H,32,36)(H,33,34). The highest BCUT2D eigenvalue weighted by molar-refractivity contribution is 6.02. The lowest BCUT2D eigenvalue weighted by molar-refractivity contribution is 0.0899. The van der Waals surface area contributed by atoms with Gasteiger partial charge < -0.3 is 14.5 Å². The summed E-state index contributed by atoms with van der Waals surface area (Å²) >= 11 is 0. The number of nitrogens with one attached hydrogen (secondary N) is 2. The molecule has 9 heteroatoms. The topological polar surface area (TPSA) is 96.3 Å². The number of likely N-dealkylation sites (tertiary alicyclic amines) is 1. The monoisotopic (exact) mass is 513 g/mol. The summed E-state index contributed by atoms with van der Waals surface area (Å²) in [5, 5.41) is 11.6. The Morgan fingerprint density at radius 2 is 2.13 bits per heavy atom. The van der Waals surface area contributed by atoms with E-state index in [9.17, 15) is 9.18 Å². The fourth-order valence-corrected chi connectivity index (χ4v) is 5.26. The molecule has 1 saturated heterocycles. The lowest BCUT2D eigenvalue weighted by Gasteiger charge is -2.33. The van der Waals surface area contributed by atoms with Gasteiger partial charge in [0.1, 0.15) is 22.8 Å². The van der Waals surface area contributed by atoms with Crippen molar-refractivity contribution in [2.45, 2.75) is 32.4 Å². The fraction of sp³-hybridized carbons (Fsp3) is 0.276. The number of aromatic nitrogens is 3.